The summed E-state index contributed by atoms with van der Waals surface area (Å²) in [4.78, 5) is 37.7. The molecule has 0 saturated carbocycles. The number of ether oxygens (including phenoxy) is 1. The summed E-state index contributed by atoms with van der Waals surface area (Å²) in [6.45, 7) is 7.00. The number of rotatable bonds is 57. The third kappa shape index (κ3) is 54.7. The zero-order valence-electron chi connectivity index (χ0n) is 49.6. The number of hydrogen-bond acceptors (Lipinski definition) is 6. The van der Waals surface area contributed by atoms with Gasteiger partial charge in [-0.25, -0.2) is 4.57 Å². The number of nitrogens with one attached hydrogen (secondary N) is 1. The summed E-state index contributed by atoms with van der Waals surface area (Å²) in [5.74, 6) is -0.507. The maximum absolute atomic E-state index is 13.5. The number of likely N-dealkylation sites (N-methyl/N-ethyl adjacent to an activating group) is 1. The Morgan fingerprint density at radius 2 is 0.824 bits per heavy atom. The number of carbonyl (C=O) groups excluding carboxylic acids is 2. The topological polar surface area (TPSA) is 111 Å². The van der Waals surface area contributed by atoms with Gasteiger partial charge in [0.05, 0.1) is 33.8 Å². The van der Waals surface area contributed by atoms with Gasteiger partial charge in [-0.3, -0.25) is 18.6 Å². The molecule has 3 atom stereocenters. The maximum atomic E-state index is 13.5. The molecule has 0 aromatic rings. The summed E-state index contributed by atoms with van der Waals surface area (Å²) in [5.41, 5.74) is 0. The number of hydrogen-bond donors (Lipinski definition) is 2. The van der Waals surface area contributed by atoms with Crippen LogP contribution in [-0.4, -0.2) is 74.3 Å². The van der Waals surface area contributed by atoms with E-state index in [0.29, 0.717) is 17.4 Å². The molecule has 0 saturated heterocycles. The SMILES string of the molecule is CCCCC/C=C\C/C=C\CCCCCCCCCCCC(=O)NC(COP(=O)(O)OCC[N+](C)(C)C)C(/C=C/CCCCCCCCCCCC)OC(=O)CCCCCCCCC/C=C/CCCCCCCC. The number of unbranched alkanes of at least 4 members (excludes halogenated alkanes) is 35. The van der Waals surface area contributed by atoms with Crippen LogP contribution in [-0.2, 0) is 27.9 Å². The fraction of sp³-hybridized carbons (Fsp3) is 0.844. The Kier molecular flexibility index (Phi) is 52.8. The van der Waals surface area contributed by atoms with Crippen molar-refractivity contribution >= 4 is 19.7 Å². The van der Waals surface area contributed by atoms with Gasteiger partial charge < -0.3 is 19.4 Å². The number of phosphoric ester groups is 1. The zero-order valence-corrected chi connectivity index (χ0v) is 50.5. The first-order valence-corrected chi connectivity index (χ1v) is 33.0. The second-order valence-corrected chi connectivity index (χ2v) is 24.0. The summed E-state index contributed by atoms with van der Waals surface area (Å²) < 4.78 is 30.7. The van der Waals surface area contributed by atoms with Crippen molar-refractivity contribution in [2.45, 2.75) is 309 Å². The van der Waals surface area contributed by atoms with Crippen LogP contribution >= 0.6 is 7.82 Å². The molecule has 0 aliphatic carbocycles. The van der Waals surface area contributed by atoms with Crippen LogP contribution in [0.3, 0.4) is 0 Å². The molecule has 0 radical (unpaired) electrons. The molecule has 434 valence electrons. The van der Waals surface area contributed by atoms with Gasteiger partial charge in [-0.05, 0) is 89.5 Å². The van der Waals surface area contributed by atoms with E-state index in [0.717, 1.165) is 64.2 Å². The van der Waals surface area contributed by atoms with Crippen molar-refractivity contribution in [3.63, 3.8) is 0 Å². The lowest BCUT2D eigenvalue weighted by Gasteiger charge is -2.27. The Bertz CT molecular complexity index is 1410. The van der Waals surface area contributed by atoms with E-state index in [2.05, 4.69) is 62.5 Å². The van der Waals surface area contributed by atoms with Crippen molar-refractivity contribution in [1.29, 1.82) is 0 Å². The fourth-order valence-corrected chi connectivity index (χ4v) is 9.82. The summed E-state index contributed by atoms with van der Waals surface area (Å²) in [5, 5.41) is 3.06. The number of carbonyl (C=O) groups is 2. The second kappa shape index (κ2) is 54.3. The van der Waals surface area contributed by atoms with Crippen molar-refractivity contribution in [3.05, 3.63) is 48.6 Å². The van der Waals surface area contributed by atoms with Gasteiger partial charge in [0.15, 0.2) is 0 Å². The predicted molar refractivity (Wildman–Crippen MR) is 319 cm³/mol. The zero-order chi connectivity index (χ0) is 54.3. The summed E-state index contributed by atoms with van der Waals surface area (Å²) in [6, 6.07) is -0.851. The van der Waals surface area contributed by atoms with E-state index in [1.807, 2.05) is 33.3 Å². The standard InChI is InChI=1S/C64H121N2O7P/c1-7-10-13-16-19-22-25-28-30-32-33-35-36-38-41-44-47-50-53-56-63(67)65-61(60-72-74(69,70)71-59-58-66(4,5)6)62(55-52-49-46-43-40-27-24-21-18-15-12-9-3)73-64(68)57-54-51-48-45-42-39-37-34-31-29-26-23-20-17-14-11-8-2/h19,22,28-31,52,55,61-62H,7-18,20-21,23-27,32-51,53-54,56-60H2,1-6H3,(H-,65,67,69,70)/p+1/b22-19-,30-28-,31-29+,55-52+. The Balaban J connectivity index is 5.25. The molecule has 3 unspecified atom stereocenters. The smallest absolute Gasteiger partial charge is 0.456 e. The summed E-state index contributed by atoms with van der Waals surface area (Å²) in [7, 11) is 1.50. The number of nitrogens with zero attached hydrogens (tertiary/aromatic N) is 1. The largest absolute Gasteiger partial charge is 0.472 e. The Morgan fingerprint density at radius 1 is 0.473 bits per heavy atom. The number of phosphoric acid groups is 1. The molecule has 74 heavy (non-hydrogen) atoms. The molecule has 0 rings (SSSR count). The van der Waals surface area contributed by atoms with Gasteiger partial charge in [0.2, 0.25) is 5.91 Å². The molecule has 1 amide bonds. The normalized spacial score (nSPS) is 14.0. The highest BCUT2D eigenvalue weighted by Gasteiger charge is 2.30. The number of allylic oxidation sites excluding steroid dienone is 7. The minimum Gasteiger partial charge on any atom is -0.456 e. The number of esters is 1. The Hall–Kier alpha value is -2.03. The Labute approximate surface area is 458 Å². The van der Waals surface area contributed by atoms with E-state index < -0.39 is 20.0 Å². The first-order chi connectivity index (χ1) is 35.9. The van der Waals surface area contributed by atoms with Gasteiger partial charge in [-0.1, -0.05) is 243 Å². The van der Waals surface area contributed by atoms with E-state index in [9.17, 15) is 19.0 Å². The molecule has 9 nitrogen and oxygen atoms in total. The molecule has 0 spiro atoms. The van der Waals surface area contributed by atoms with Crippen LogP contribution < -0.4 is 5.32 Å². The van der Waals surface area contributed by atoms with Gasteiger partial charge in [-0.2, -0.15) is 0 Å². The lowest BCUT2D eigenvalue weighted by Crippen LogP contribution is -2.47. The molecular formula is C64H122N2O7P+. The average molecular weight is 1060 g/mol. The van der Waals surface area contributed by atoms with Gasteiger partial charge in [0.25, 0.3) is 0 Å². The first kappa shape index (κ1) is 72.0. The van der Waals surface area contributed by atoms with Crippen LogP contribution in [0.5, 0.6) is 0 Å². The van der Waals surface area contributed by atoms with Gasteiger partial charge in [-0.15, -0.1) is 0 Å². The molecule has 0 aromatic heterocycles. The van der Waals surface area contributed by atoms with E-state index in [1.165, 1.54) is 199 Å². The molecule has 0 heterocycles. The van der Waals surface area contributed by atoms with Crippen LogP contribution in [0, 0.1) is 0 Å². The molecule has 0 aliphatic rings. The Morgan fingerprint density at radius 3 is 1.26 bits per heavy atom. The highest BCUT2D eigenvalue weighted by Crippen LogP contribution is 2.43. The molecular weight excluding hydrogens is 940 g/mol. The van der Waals surface area contributed by atoms with E-state index in [4.69, 9.17) is 13.8 Å². The fourth-order valence-electron chi connectivity index (χ4n) is 9.08. The average Bonchev–Trinajstić information content (AvgIpc) is 3.36. The highest BCUT2D eigenvalue weighted by molar-refractivity contribution is 7.47. The van der Waals surface area contributed by atoms with Crippen LogP contribution in [0.15, 0.2) is 48.6 Å². The highest BCUT2D eigenvalue weighted by atomic mass is 31.2. The van der Waals surface area contributed by atoms with E-state index >= 15 is 0 Å². The summed E-state index contributed by atoms with van der Waals surface area (Å²) >= 11 is 0. The molecule has 0 aliphatic heterocycles. The van der Waals surface area contributed by atoms with Gasteiger partial charge in [0, 0.05) is 12.8 Å². The summed E-state index contributed by atoms with van der Waals surface area (Å²) in [6.07, 6.45) is 66.7. The molecule has 0 fully saturated rings. The van der Waals surface area contributed by atoms with Crippen LogP contribution in [0.1, 0.15) is 297 Å². The number of amides is 1. The van der Waals surface area contributed by atoms with E-state index in [1.54, 1.807) is 0 Å². The predicted octanol–water partition coefficient (Wildman–Crippen LogP) is 19.3. The van der Waals surface area contributed by atoms with Gasteiger partial charge in [0.1, 0.15) is 19.3 Å². The van der Waals surface area contributed by atoms with E-state index in [-0.39, 0.29) is 31.5 Å². The lowest BCUT2D eigenvalue weighted by molar-refractivity contribution is -0.870. The molecule has 10 heteroatoms. The third-order valence-corrected chi connectivity index (χ3v) is 15.0. The van der Waals surface area contributed by atoms with Crippen LogP contribution in [0.2, 0.25) is 0 Å². The molecule has 0 bridgehead atoms. The molecule has 0 aromatic carbocycles. The quantitative estimate of drug-likeness (QED) is 0.0205. The monoisotopic (exact) mass is 1060 g/mol. The second-order valence-electron chi connectivity index (χ2n) is 22.6. The molecule has 2 N–H and O–H groups in total. The minimum atomic E-state index is -4.45. The van der Waals surface area contributed by atoms with Crippen molar-refractivity contribution in [1.82, 2.24) is 5.32 Å². The van der Waals surface area contributed by atoms with Crippen molar-refractivity contribution in [2.75, 3.05) is 40.9 Å². The van der Waals surface area contributed by atoms with Crippen molar-refractivity contribution < 1.29 is 37.3 Å². The van der Waals surface area contributed by atoms with Crippen LogP contribution in [0.4, 0.5) is 0 Å². The minimum absolute atomic E-state index is 0.0390. The maximum Gasteiger partial charge on any atom is 0.472 e. The van der Waals surface area contributed by atoms with Crippen molar-refractivity contribution in [2.24, 2.45) is 0 Å². The first-order valence-electron chi connectivity index (χ1n) is 31.5. The lowest BCUT2D eigenvalue weighted by atomic mass is 10.0. The third-order valence-electron chi connectivity index (χ3n) is 14.0. The van der Waals surface area contributed by atoms with Gasteiger partial charge >= 0.3 is 13.8 Å². The van der Waals surface area contributed by atoms with Crippen LogP contribution in [0.25, 0.3) is 0 Å². The number of quaternary nitrogens is 1. The van der Waals surface area contributed by atoms with Crippen molar-refractivity contribution in [3.8, 4) is 0 Å².